The molecule has 4 atom stereocenters. The van der Waals surface area contributed by atoms with E-state index in [2.05, 4.69) is 19.6 Å². The molecule has 4 nitrogen and oxygen atoms in total. The molecule has 2 fully saturated rings. The Morgan fingerprint density at radius 3 is 2.39 bits per heavy atom. The number of aliphatic hydroxyl groups excluding tert-OH is 1. The number of hydrogen-bond acceptors (Lipinski definition) is 4. The lowest BCUT2D eigenvalue weighted by Crippen LogP contribution is -2.34. The van der Waals surface area contributed by atoms with Gasteiger partial charge >= 0.3 is 0 Å². The van der Waals surface area contributed by atoms with E-state index in [0.717, 1.165) is 12.8 Å². The minimum atomic E-state index is -1.00. The average Bonchev–Trinajstić information content (AvgIpc) is 2.61. The van der Waals surface area contributed by atoms with Gasteiger partial charge in [-0.3, -0.25) is 0 Å². The summed E-state index contributed by atoms with van der Waals surface area (Å²) < 4.78 is 17.1. The molecule has 2 heterocycles. The molecule has 5 heteroatoms. The molecule has 0 aromatic carbocycles. The van der Waals surface area contributed by atoms with Gasteiger partial charge in [-0.25, -0.2) is 0 Å². The number of rotatable bonds is 4. The Balaban J connectivity index is 1.81. The van der Waals surface area contributed by atoms with E-state index >= 15 is 0 Å². The molecule has 1 unspecified atom stereocenters. The molecule has 106 valence electrons. The Labute approximate surface area is 111 Å². The fraction of sp³-hybridized carbons (Fsp3) is 1.00. The van der Waals surface area contributed by atoms with Crippen LogP contribution in [0, 0.1) is 0 Å². The van der Waals surface area contributed by atoms with E-state index in [1.54, 1.807) is 0 Å². The molecule has 2 saturated heterocycles. The van der Waals surface area contributed by atoms with E-state index in [0.29, 0.717) is 0 Å². The van der Waals surface area contributed by atoms with Gasteiger partial charge < -0.3 is 19.3 Å². The number of fused-ring (bicyclic) bond motifs is 1. The molecule has 0 aromatic heterocycles. The van der Waals surface area contributed by atoms with Crippen molar-refractivity contribution in [1.29, 1.82) is 0 Å². The molecule has 0 bridgehead atoms. The van der Waals surface area contributed by atoms with E-state index in [9.17, 15) is 5.11 Å². The first kappa shape index (κ1) is 14.5. The van der Waals surface area contributed by atoms with Crippen molar-refractivity contribution in [2.75, 3.05) is 0 Å². The third-order valence-electron chi connectivity index (χ3n) is 3.53. The lowest BCUT2D eigenvalue weighted by atomic mass is 10.1. The molecule has 0 radical (unpaired) electrons. The van der Waals surface area contributed by atoms with Gasteiger partial charge in [-0.15, -0.1) is 0 Å². The van der Waals surface area contributed by atoms with Crippen LogP contribution < -0.4 is 0 Å². The summed E-state index contributed by atoms with van der Waals surface area (Å²) in [5, 5.41) is 10.2. The summed E-state index contributed by atoms with van der Waals surface area (Å²) in [6.45, 7) is 10.8. The van der Waals surface area contributed by atoms with E-state index in [1.807, 2.05) is 13.8 Å². The van der Waals surface area contributed by atoms with Gasteiger partial charge in [0.1, 0.15) is 12.2 Å². The van der Waals surface area contributed by atoms with Gasteiger partial charge in [-0.05, 0) is 20.3 Å². The van der Waals surface area contributed by atoms with Crippen LogP contribution in [-0.2, 0) is 14.2 Å². The van der Waals surface area contributed by atoms with E-state index in [-0.39, 0.29) is 12.2 Å². The van der Waals surface area contributed by atoms with Gasteiger partial charge in [-0.2, -0.15) is 0 Å². The zero-order chi connectivity index (χ0) is 13.6. The molecular weight excluding hydrogens is 248 g/mol. The summed E-state index contributed by atoms with van der Waals surface area (Å²) in [6, 6.07) is 1.27. The summed E-state index contributed by atoms with van der Waals surface area (Å²) in [5.41, 5.74) is 0. The van der Waals surface area contributed by atoms with Crippen LogP contribution in [0.1, 0.15) is 26.7 Å². The summed E-state index contributed by atoms with van der Waals surface area (Å²) in [5.74, 6) is -0.639. The molecule has 0 spiro atoms. The molecule has 1 N–H and O–H groups in total. The van der Waals surface area contributed by atoms with Crippen molar-refractivity contribution >= 4 is 8.07 Å². The number of ether oxygens (including phenoxy) is 3. The van der Waals surface area contributed by atoms with Crippen molar-refractivity contribution in [2.24, 2.45) is 0 Å². The maximum atomic E-state index is 10.2. The van der Waals surface area contributed by atoms with Crippen molar-refractivity contribution in [3.8, 4) is 0 Å². The molecule has 18 heavy (non-hydrogen) atoms. The fourth-order valence-electron chi connectivity index (χ4n) is 2.63. The predicted octanol–water partition coefficient (Wildman–Crippen LogP) is 2.34. The normalized spacial score (nSPS) is 39.0. The summed E-state index contributed by atoms with van der Waals surface area (Å²) in [6.07, 6.45) is 0.598. The highest BCUT2D eigenvalue weighted by atomic mass is 28.3. The van der Waals surface area contributed by atoms with Crippen LogP contribution in [0.2, 0.25) is 25.7 Å². The van der Waals surface area contributed by atoms with Crippen molar-refractivity contribution in [3.05, 3.63) is 0 Å². The molecule has 0 aromatic rings. The topological polar surface area (TPSA) is 47.9 Å². The molecule has 0 amide bonds. The zero-order valence-electron chi connectivity index (χ0n) is 12.1. The van der Waals surface area contributed by atoms with Crippen LogP contribution in [0.25, 0.3) is 0 Å². The van der Waals surface area contributed by atoms with Gasteiger partial charge in [0.05, 0.1) is 6.10 Å². The molecular formula is C13H26O4Si. The third kappa shape index (κ3) is 3.33. The van der Waals surface area contributed by atoms with Crippen molar-refractivity contribution in [3.63, 3.8) is 0 Å². The van der Waals surface area contributed by atoms with Crippen LogP contribution in [-0.4, -0.2) is 43.6 Å². The highest BCUT2D eigenvalue weighted by molar-refractivity contribution is 6.76. The minimum absolute atomic E-state index is 0.132. The Hall–Kier alpha value is 0.0569. The molecule has 0 saturated carbocycles. The van der Waals surface area contributed by atoms with Gasteiger partial charge in [0.15, 0.2) is 12.1 Å². The second kappa shape index (κ2) is 4.87. The first-order valence-electron chi connectivity index (χ1n) is 6.87. The SMILES string of the molecule is CC1(C)O[C@H]2OC(CCC[Si](C)(C)C)[C@H](O)[C@H]2O1. The van der Waals surface area contributed by atoms with Crippen LogP contribution in [0.5, 0.6) is 0 Å². The number of hydrogen-bond donors (Lipinski definition) is 1. The third-order valence-corrected chi connectivity index (χ3v) is 5.38. The lowest BCUT2D eigenvalue weighted by Gasteiger charge is -2.23. The van der Waals surface area contributed by atoms with Crippen molar-refractivity contribution in [1.82, 2.24) is 0 Å². The first-order valence-corrected chi connectivity index (χ1v) is 10.6. The second-order valence-electron chi connectivity index (χ2n) is 7.09. The zero-order valence-corrected chi connectivity index (χ0v) is 13.1. The van der Waals surface area contributed by atoms with Gasteiger partial charge in [-0.1, -0.05) is 32.1 Å². The monoisotopic (exact) mass is 274 g/mol. The summed E-state index contributed by atoms with van der Waals surface area (Å²) in [4.78, 5) is 0. The molecule has 2 aliphatic rings. The van der Waals surface area contributed by atoms with Crippen LogP contribution >= 0.6 is 0 Å². The van der Waals surface area contributed by atoms with E-state index in [1.165, 1.54) is 6.04 Å². The minimum Gasteiger partial charge on any atom is -0.387 e. The maximum absolute atomic E-state index is 10.2. The van der Waals surface area contributed by atoms with E-state index in [4.69, 9.17) is 14.2 Å². The highest BCUT2D eigenvalue weighted by Crippen LogP contribution is 2.38. The first-order chi connectivity index (χ1) is 8.18. The molecule has 2 aliphatic heterocycles. The fourth-order valence-corrected chi connectivity index (χ4v) is 3.90. The van der Waals surface area contributed by atoms with Crippen LogP contribution in [0.15, 0.2) is 0 Å². The Kier molecular flexibility index (Phi) is 3.91. The van der Waals surface area contributed by atoms with Gasteiger partial charge in [0.2, 0.25) is 0 Å². The van der Waals surface area contributed by atoms with Gasteiger partial charge in [0, 0.05) is 8.07 Å². The molecule has 0 aliphatic carbocycles. The smallest absolute Gasteiger partial charge is 0.190 e. The summed E-state index contributed by atoms with van der Waals surface area (Å²) in [7, 11) is -1.00. The van der Waals surface area contributed by atoms with E-state index < -0.39 is 26.3 Å². The maximum Gasteiger partial charge on any atom is 0.190 e. The average molecular weight is 274 g/mol. The number of aliphatic hydroxyl groups is 1. The van der Waals surface area contributed by atoms with Crippen molar-refractivity contribution in [2.45, 2.75) is 82.8 Å². The lowest BCUT2D eigenvalue weighted by molar-refractivity contribution is -0.215. The van der Waals surface area contributed by atoms with Gasteiger partial charge in [0.25, 0.3) is 0 Å². The Bertz CT molecular complexity index is 300. The highest BCUT2D eigenvalue weighted by Gasteiger charge is 2.53. The Morgan fingerprint density at radius 1 is 1.17 bits per heavy atom. The summed E-state index contributed by atoms with van der Waals surface area (Å²) >= 11 is 0. The second-order valence-corrected chi connectivity index (χ2v) is 12.7. The van der Waals surface area contributed by atoms with Crippen LogP contribution in [0.3, 0.4) is 0 Å². The predicted molar refractivity (Wildman–Crippen MR) is 72.1 cm³/mol. The standard InChI is InChI=1S/C13H26O4Si/c1-13(2)16-11-10(14)9(15-12(11)17-13)7-6-8-18(3,4)5/h9-12,14H,6-8H2,1-5H3/t9?,10-,11+,12+/m0/s1. The Morgan fingerprint density at radius 2 is 1.83 bits per heavy atom. The van der Waals surface area contributed by atoms with Crippen molar-refractivity contribution < 1.29 is 19.3 Å². The quantitative estimate of drug-likeness (QED) is 0.799. The van der Waals surface area contributed by atoms with Crippen LogP contribution in [0.4, 0.5) is 0 Å². The molecule has 2 rings (SSSR count). The largest absolute Gasteiger partial charge is 0.387 e.